The van der Waals surface area contributed by atoms with Crippen LogP contribution in [-0.2, 0) is 14.8 Å². The van der Waals surface area contributed by atoms with Crippen molar-refractivity contribution in [2.45, 2.75) is 19.8 Å². The highest BCUT2D eigenvalue weighted by atomic mass is 32.2. The van der Waals surface area contributed by atoms with Gasteiger partial charge in [-0.25, -0.2) is 8.42 Å². The van der Waals surface area contributed by atoms with Crippen molar-refractivity contribution in [3.63, 3.8) is 0 Å². The number of amides is 1. The van der Waals surface area contributed by atoms with Crippen molar-refractivity contribution in [3.8, 4) is 11.5 Å². The summed E-state index contributed by atoms with van der Waals surface area (Å²) in [5.74, 6) is 0.793. The molecule has 0 saturated carbocycles. The van der Waals surface area contributed by atoms with E-state index in [-0.39, 0.29) is 19.3 Å². The summed E-state index contributed by atoms with van der Waals surface area (Å²) in [5.41, 5.74) is 2.01. The summed E-state index contributed by atoms with van der Waals surface area (Å²) in [6.07, 6.45) is 1.06. The molecule has 1 aliphatic heterocycles. The van der Waals surface area contributed by atoms with E-state index in [0.717, 1.165) is 16.1 Å². The number of sulfonamides is 1. The smallest absolute Gasteiger partial charge is 0.245 e. The van der Waals surface area contributed by atoms with Crippen molar-refractivity contribution in [1.82, 2.24) is 0 Å². The first-order chi connectivity index (χ1) is 12.8. The maximum absolute atomic E-state index is 12.6. The number of rotatable bonds is 6. The van der Waals surface area contributed by atoms with Gasteiger partial charge in [0, 0.05) is 11.8 Å². The van der Waals surface area contributed by atoms with Crippen molar-refractivity contribution in [2.75, 3.05) is 29.2 Å². The Morgan fingerprint density at radius 1 is 1.15 bits per heavy atom. The third kappa shape index (κ3) is 4.33. The minimum atomic E-state index is -3.67. The molecule has 0 spiro atoms. The van der Waals surface area contributed by atoms with Crippen molar-refractivity contribution >= 4 is 27.3 Å². The second kappa shape index (κ2) is 7.48. The van der Waals surface area contributed by atoms with E-state index in [1.807, 2.05) is 32.0 Å². The molecule has 0 saturated heterocycles. The lowest BCUT2D eigenvalue weighted by molar-refractivity contribution is -0.114. The van der Waals surface area contributed by atoms with Crippen molar-refractivity contribution < 1.29 is 22.7 Å². The average molecular weight is 390 g/mol. The molecule has 0 atom stereocenters. The number of anilines is 2. The number of carbonyl (C=O) groups is 1. The molecule has 1 N–H and O–H groups in total. The van der Waals surface area contributed by atoms with E-state index in [9.17, 15) is 13.2 Å². The maximum atomic E-state index is 12.6. The topological polar surface area (TPSA) is 84.9 Å². The summed E-state index contributed by atoms with van der Waals surface area (Å²) in [4.78, 5) is 12.6. The van der Waals surface area contributed by atoms with Crippen LogP contribution in [0.2, 0.25) is 0 Å². The quantitative estimate of drug-likeness (QED) is 0.820. The molecule has 2 aromatic carbocycles. The Balaban J connectivity index is 1.83. The Morgan fingerprint density at radius 2 is 1.85 bits per heavy atom. The molecule has 1 amide bonds. The maximum Gasteiger partial charge on any atom is 0.245 e. The van der Waals surface area contributed by atoms with Crippen LogP contribution in [0.25, 0.3) is 0 Å². The Labute approximate surface area is 158 Å². The molecule has 0 radical (unpaired) electrons. The average Bonchev–Trinajstić information content (AvgIpc) is 3.06. The minimum Gasteiger partial charge on any atom is -0.454 e. The van der Waals surface area contributed by atoms with Gasteiger partial charge in [0.1, 0.15) is 6.54 Å². The van der Waals surface area contributed by atoms with E-state index in [1.165, 1.54) is 0 Å². The molecule has 144 valence electrons. The highest BCUT2D eigenvalue weighted by molar-refractivity contribution is 7.92. The molecule has 0 aromatic heterocycles. The van der Waals surface area contributed by atoms with E-state index in [2.05, 4.69) is 5.32 Å². The highest BCUT2D eigenvalue weighted by Crippen LogP contribution is 2.36. The van der Waals surface area contributed by atoms with Gasteiger partial charge in [0.05, 0.1) is 11.9 Å². The van der Waals surface area contributed by atoms with E-state index >= 15 is 0 Å². The molecule has 1 aliphatic rings. The van der Waals surface area contributed by atoms with Crippen LogP contribution in [0.1, 0.15) is 25.3 Å². The molecule has 2 aromatic rings. The van der Waals surface area contributed by atoms with Crippen molar-refractivity contribution in [2.24, 2.45) is 0 Å². The number of para-hydroxylation sites is 1. The van der Waals surface area contributed by atoms with Crippen LogP contribution in [-0.4, -0.2) is 33.9 Å². The molecule has 0 aliphatic carbocycles. The molecule has 0 bridgehead atoms. The van der Waals surface area contributed by atoms with Crippen molar-refractivity contribution in [3.05, 3.63) is 48.0 Å². The predicted molar refractivity (Wildman–Crippen MR) is 104 cm³/mol. The second-order valence-corrected chi connectivity index (χ2v) is 8.50. The number of carbonyl (C=O) groups excluding carboxylic acids is 1. The largest absolute Gasteiger partial charge is 0.454 e. The predicted octanol–water partition coefficient (Wildman–Crippen LogP) is 2.94. The standard InChI is InChI=1S/C19H22N2O5S/c1-13(2)15-6-4-5-7-16(15)20-19(22)11-21(27(3,23)24)14-8-9-17-18(10-14)26-12-25-17/h4-10,13H,11-12H2,1-3H3,(H,20,22). The van der Waals surface area contributed by atoms with Gasteiger partial charge >= 0.3 is 0 Å². The summed E-state index contributed by atoms with van der Waals surface area (Å²) in [5, 5.41) is 2.82. The van der Waals surface area contributed by atoms with Crippen LogP contribution in [0.4, 0.5) is 11.4 Å². The van der Waals surface area contributed by atoms with Crippen LogP contribution >= 0.6 is 0 Å². The minimum absolute atomic E-state index is 0.0874. The summed E-state index contributed by atoms with van der Waals surface area (Å²) < 4.78 is 36.1. The number of nitrogens with zero attached hydrogens (tertiary/aromatic N) is 1. The first kappa shape index (κ1) is 19.0. The zero-order valence-corrected chi connectivity index (χ0v) is 16.2. The van der Waals surface area contributed by atoms with Crippen LogP contribution in [0.5, 0.6) is 11.5 Å². The fourth-order valence-corrected chi connectivity index (χ4v) is 3.72. The number of nitrogens with one attached hydrogen (secondary N) is 1. The normalized spacial score (nSPS) is 12.9. The number of fused-ring (bicyclic) bond motifs is 1. The van der Waals surface area contributed by atoms with Gasteiger partial charge < -0.3 is 14.8 Å². The fraction of sp³-hybridized carbons (Fsp3) is 0.316. The van der Waals surface area contributed by atoms with E-state index in [4.69, 9.17) is 9.47 Å². The molecule has 7 nitrogen and oxygen atoms in total. The highest BCUT2D eigenvalue weighted by Gasteiger charge is 2.24. The van der Waals surface area contributed by atoms with E-state index < -0.39 is 15.9 Å². The molecular formula is C19H22N2O5S. The molecule has 1 heterocycles. The lowest BCUT2D eigenvalue weighted by atomic mass is 10.0. The molecular weight excluding hydrogens is 368 g/mol. The zero-order valence-electron chi connectivity index (χ0n) is 15.4. The monoisotopic (exact) mass is 390 g/mol. The van der Waals surface area contributed by atoms with Gasteiger partial charge in [0.15, 0.2) is 11.5 Å². The molecule has 0 unspecified atom stereocenters. The van der Waals surface area contributed by atoms with E-state index in [1.54, 1.807) is 24.3 Å². The first-order valence-electron chi connectivity index (χ1n) is 8.52. The van der Waals surface area contributed by atoms with Gasteiger partial charge in [-0.2, -0.15) is 0 Å². The summed E-state index contributed by atoms with van der Waals surface area (Å²) in [6.45, 7) is 3.80. The van der Waals surface area contributed by atoms with Crippen LogP contribution < -0.4 is 19.1 Å². The first-order valence-corrected chi connectivity index (χ1v) is 10.4. The van der Waals surface area contributed by atoms with Gasteiger partial charge in [-0.15, -0.1) is 0 Å². The Bertz CT molecular complexity index is 956. The Hall–Kier alpha value is -2.74. The number of benzene rings is 2. The number of hydrogen-bond donors (Lipinski definition) is 1. The third-order valence-corrected chi connectivity index (χ3v) is 5.33. The Morgan fingerprint density at radius 3 is 2.56 bits per heavy atom. The molecule has 8 heteroatoms. The lowest BCUT2D eigenvalue weighted by Crippen LogP contribution is -2.37. The molecule has 27 heavy (non-hydrogen) atoms. The summed E-state index contributed by atoms with van der Waals surface area (Å²) in [7, 11) is -3.67. The van der Waals surface area contributed by atoms with Gasteiger partial charge in [-0.05, 0) is 29.7 Å². The molecule has 0 fully saturated rings. The van der Waals surface area contributed by atoms with Crippen LogP contribution in [0, 0.1) is 0 Å². The van der Waals surface area contributed by atoms with Gasteiger partial charge in [0.25, 0.3) is 0 Å². The van der Waals surface area contributed by atoms with Crippen molar-refractivity contribution in [1.29, 1.82) is 0 Å². The van der Waals surface area contributed by atoms with Crippen LogP contribution in [0.3, 0.4) is 0 Å². The Kier molecular flexibility index (Phi) is 5.27. The lowest BCUT2D eigenvalue weighted by Gasteiger charge is -2.22. The van der Waals surface area contributed by atoms with Gasteiger partial charge in [-0.3, -0.25) is 9.10 Å². The van der Waals surface area contributed by atoms with Crippen LogP contribution in [0.15, 0.2) is 42.5 Å². The SMILES string of the molecule is CC(C)c1ccccc1NC(=O)CN(c1ccc2c(c1)OCO2)S(C)(=O)=O. The molecule has 3 rings (SSSR count). The second-order valence-electron chi connectivity index (χ2n) is 6.60. The summed E-state index contributed by atoms with van der Waals surface area (Å²) in [6, 6.07) is 12.2. The van der Waals surface area contributed by atoms with Gasteiger partial charge in [0.2, 0.25) is 22.7 Å². The number of hydrogen-bond acceptors (Lipinski definition) is 5. The number of ether oxygens (including phenoxy) is 2. The van der Waals surface area contributed by atoms with E-state index in [0.29, 0.717) is 22.9 Å². The third-order valence-electron chi connectivity index (χ3n) is 4.19. The zero-order chi connectivity index (χ0) is 19.6. The van der Waals surface area contributed by atoms with Gasteiger partial charge in [-0.1, -0.05) is 32.0 Å². The summed E-state index contributed by atoms with van der Waals surface area (Å²) >= 11 is 0. The fourth-order valence-electron chi connectivity index (χ4n) is 2.87.